The van der Waals surface area contributed by atoms with Crippen LogP contribution in [-0.4, -0.2) is 10.9 Å². The molecule has 1 aromatic carbocycles. The summed E-state index contributed by atoms with van der Waals surface area (Å²) in [6.45, 7) is 4.37. The normalized spacial score (nSPS) is 16.3. The van der Waals surface area contributed by atoms with Gasteiger partial charge in [-0.1, -0.05) is 18.2 Å². The van der Waals surface area contributed by atoms with E-state index in [2.05, 4.69) is 4.98 Å². The van der Waals surface area contributed by atoms with Crippen molar-refractivity contribution >= 4 is 17.3 Å². The number of para-hydroxylation sites is 1. The molecule has 20 heavy (non-hydrogen) atoms. The average Bonchev–Trinajstić information content (AvgIpc) is 2.61. The highest BCUT2D eigenvalue weighted by atomic mass is 16.2. The van der Waals surface area contributed by atoms with Crippen molar-refractivity contribution in [3.8, 4) is 0 Å². The van der Waals surface area contributed by atoms with Crippen LogP contribution >= 0.6 is 0 Å². The van der Waals surface area contributed by atoms with Crippen LogP contribution in [0.1, 0.15) is 25.1 Å². The number of benzene rings is 1. The van der Waals surface area contributed by atoms with Crippen LogP contribution in [-0.2, 0) is 16.8 Å². The fraction of sp³-hybridized carbons (Fsp3) is 0.250. The molecule has 1 amide bonds. The topological polar surface area (TPSA) is 59.2 Å². The Labute approximate surface area is 118 Å². The lowest BCUT2D eigenvalue weighted by atomic mass is 9.86. The maximum absolute atomic E-state index is 12.6. The van der Waals surface area contributed by atoms with Gasteiger partial charge in [-0.05, 0) is 37.6 Å². The minimum Gasteiger partial charge on any atom is -0.399 e. The number of nitrogens with zero attached hydrogens (tertiary/aromatic N) is 2. The summed E-state index contributed by atoms with van der Waals surface area (Å²) >= 11 is 0. The Morgan fingerprint density at radius 1 is 1.25 bits per heavy atom. The summed E-state index contributed by atoms with van der Waals surface area (Å²) in [5.74, 6) is 0.0999. The van der Waals surface area contributed by atoms with Gasteiger partial charge in [0, 0.05) is 17.6 Å². The van der Waals surface area contributed by atoms with Crippen molar-refractivity contribution in [2.75, 3.05) is 10.6 Å². The number of fused-ring (bicyclic) bond motifs is 1. The fourth-order valence-corrected chi connectivity index (χ4v) is 2.70. The van der Waals surface area contributed by atoms with Gasteiger partial charge in [-0.15, -0.1) is 0 Å². The summed E-state index contributed by atoms with van der Waals surface area (Å²) in [7, 11) is 0. The Hall–Kier alpha value is -2.36. The van der Waals surface area contributed by atoms with Crippen molar-refractivity contribution in [1.29, 1.82) is 0 Å². The SMILES string of the molecule is CC1(C)C(=O)N(Cc2cc(N)ccn2)c2ccccc21. The molecule has 2 aromatic rings. The Morgan fingerprint density at radius 2 is 2.00 bits per heavy atom. The van der Waals surface area contributed by atoms with Crippen molar-refractivity contribution in [2.45, 2.75) is 25.8 Å². The molecule has 2 heterocycles. The zero-order valence-corrected chi connectivity index (χ0v) is 11.6. The third kappa shape index (κ3) is 1.84. The number of rotatable bonds is 2. The van der Waals surface area contributed by atoms with Gasteiger partial charge in [0.05, 0.1) is 17.7 Å². The number of carbonyl (C=O) groups is 1. The molecule has 0 bridgehead atoms. The standard InChI is InChI=1S/C16H17N3O/c1-16(2)13-5-3-4-6-14(13)19(15(16)20)10-12-9-11(17)7-8-18-12/h3-9H,10H2,1-2H3,(H2,17,18). The number of amides is 1. The molecule has 4 heteroatoms. The quantitative estimate of drug-likeness (QED) is 0.909. The van der Waals surface area contributed by atoms with Gasteiger partial charge in [0.1, 0.15) is 0 Å². The van der Waals surface area contributed by atoms with E-state index in [0.717, 1.165) is 16.9 Å². The molecule has 0 atom stereocenters. The van der Waals surface area contributed by atoms with Crippen LogP contribution in [0.3, 0.4) is 0 Å². The molecule has 3 rings (SSSR count). The molecule has 0 saturated carbocycles. The maximum Gasteiger partial charge on any atom is 0.237 e. The van der Waals surface area contributed by atoms with Crippen molar-refractivity contribution in [1.82, 2.24) is 4.98 Å². The van der Waals surface area contributed by atoms with Crippen LogP contribution in [0.2, 0.25) is 0 Å². The minimum absolute atomic E-state index is 0.0999. The molecule has 1 aromatic heterocycles. The van der Waals surface area contributed by atoms with Crippen LogP contribution in [0, 0.1) is 0 Å². The molecule has 102 valence electrons. The van der Waals surface area contributed by atoms with E-state index in [1.807, 2.05) is 38.1 Å². The van der Waals surface area contributed by atoms with Crippen molar-refractivity contribution in [3.63, 3.8) is 0 Å². The number of hydrogen-bond acceptors (Lipinski definition) is 3. The molecule has 0 saturated heterocycles. The molecule has 0 radical (unpaired) electrons. The molecule has 1 aliphatic heterocycles. The van der Waals surface area contributed by atoms with E-state index in [9.17, 15) is 4.79 Å². The van der Waals surface area contributed by atoms with E-state index < -0.39 is 5.41 Å². The smallest absolute Gasteiger partial charge is 0.237 e. The van der Waals surface area contributed by atoms with Gasteiger partial charge in [-0.25, -0.2) is 0 Å². The van der Waals surface area contributed by atoms with Crippen molar-refractivity contribution in [3.05, 3.63) is 53.9 Å². The number of nitrogens with two attached hydrogens (primary N) is 1. The molecule has 2 N–H and O–H groups in total. The number of hydrogen-bond donors (Lipinski definition) is 1. The molecule has 0 fully saturated rings. The Morgan fingerprint density at radius 3 is 2.75 bits per heavy atom. The first kappa shape index (κ1) is 12.7. The second-order valence-electron chi connectivity index (χ2n) is 5.61. The molecule has 0 unspecified atom stereocenters. The summed E-state index contributed by atoms with van der Waals surface area (Å²) in [6.07, 6.45) is 1.67. The number of anilines is 2. The number of pyridine rings is 1. The lowest BCUT2D eigenvalue weighted by molar-refractivity contribution is -0.122. The Kier molecular flexibility index (Phi) is 2.74. The zero-order valence-electron chi connectivity index (χ0n) is 11.6. The third-order valence-corrected chi connectivity index (χ3v) is 3.81. The van der Waals surface area contributed by atoms with E-state index >= 15 is 0 Å². The van der Waals surface area contributed by atoms with Gasteiger partial charge in [0.25, 0.3) is 0 Å². The van der Waals surface area contributed by atoms with Crippen LogP contribution in [0.4, 0.5) is 11.4 Å². The summed E-state index contributed by atoms with van der Waals surface area (Å²) in [4.78, 5) is 18.7. The van der Waals surface area contributed by atoms with E-state index in [0.29, 0.717) is 12.2 Å². The molecule has 1 aliphatic rings. The van der Waals surface area contributed by atoms with Gasteiger partial charge < -0.3 is 10.6 Å². The van der Waals surface area contributed by atoms with Crippen molar-refractivity contribution in [2.24, 2.45) is 0 Å². The van der Waals surface area contributed by atoms with Crippen LogP contribution in [0.25, 0.3) is 0 Å². The predicted octanol–water partition coefficient (Wildman–Crippen LogP) is 2.49. The monoisotopic (exact) mass is 267 g/mol. The van der Waals surface area contributed by atoms with E-state index in [-0.39, 0.29) is 5.91 Å². The maximum atomic E-state index is 12.6. The summed E-state index contributed by atoms with van der Waals surface area (Å²) in [6, 6.07) is 11.5. The molecule has 0 aliphatic carbocycles. The lowest BCUT2D eigenvalue weighted by Gasteiger charge is -2.20. The number of nitrogen functional groups attached to an aromatic ring is 1. The number of aromatic nitrogens is 1. The largest absolute Gasteiger partial charge is 0.399 e. The molecular weight excluding hydrogens is 250 g/mol. The summed E-state index contributed by atoms with van der Waals surface area (Å²) in [5.41, 5.74) is 8.77. The number of carbonyl (C=O) groups excluding carboxylic acids is 1. The highest BCUT2D eigenvalue weighted by Crippen LogP contribution is 2.41. The van der Waals surface area contributed by atoms with E-state index in [1.165, 1.54) is 0 Å². The van der Waals surface area contributed by atoms with Crippen LogP contribution < -0.4 is 10.6 Å². The van der Waals surface area contributed by atoms with E-state index in [1.54, 1.807) is 23.2 Å². The Bertz CT molecular complexity index is 679. The molecular formula is C16H17N3O. The van der Waals surface area contributed by atoms with E-state index in [4.69, 9.17) is 5.73 Å². The Balaban J connectivity index is 2.01. The van der Waals surface area contributed by atoms with Gasteiger partial charge in [-0.2, -0.15) is 0 Å². The first-order valence-corrected chi connectivity index (χ1v) is 6.62. The summed E-state index contributed by atoms with van der Waals surface area (Å²) in [5, 5.41) is 0. The van der Waals surface area contributed by atoms with Crippen LogP contribution in [0.15, 0.2) is 42.6 Å². The molecule has 4 nitrogen and oxygen atoms in total. The predicted molar refractivity (Wildman–Crippen MR) is 79.3 cm³/mol. The highest BCUT2D eigenvalue weighted by Gasteiger charge is 2.43. The third-order valence-electron chi connectivity index (χ3n) is 3.81. The second kappa shape index (κ2) is 4.34. The summed E-state index contributed by atoms with van der Waals surface area (Å²) < 4.78 is 0. The average molecular weight is 267 g/mol. The fourth-order valence-electron chi connectivity index (χ4n) is 2.70. The first-order valence-electron chi connectivity index (χ1n) is 6.62. The minimum atomic E-state index is -0.489. The van der Waals surface area contributed by atoms with Gasteiger partial charge in [0.2, 0.25) is 5.91 Å². The van der Waals surface area contributed by atoms with Gasteiger partial charge in [0.15, 0.2) is 0 Å². The lowest BCUT2D eigenvalue weighted by Crippen LogP contribution is -2.35. The van der Waals surface area contributed by atoms with Crippen molar-refractivity contribution < 1.29 is 4.79 Å². The van der Waals surface area contributed by atoms with Crippen LogP contribution in [0.5, 0.6) is 0 Å². The van der Waals surface area contributed by atoms with Gasteiger partial charge >= 0.3 is 0 Å². The molecule has 0 spiro atoms. The second-order valence-corrected chi connectivity index (χ2v) is 5.61. The zero-order chi connectivity index (χ0) is 14.3. The highest BCUT2D eigenvalue weighted by molar-refractivity contribution is 6.07. The van der Waals surface area contributed by atoms with Gasteiger partial charge in [-0.3, -0.25) is 9.78 Å². The first-order chi connectivity index (χ1) is 9.50.